The van der Waals surface area contributed by atoms with Gasteiger partial charge in [0.2, 0.25) is 0 Å². The Bertz CT molecular complexity index is 512. The number of fused-ring (bicyclic) bond motifs is 1. The van der Waals surface area contributed by atoms with Gasteiger partial charge < -0.3 is 10.6 Å². The van der Waals surface area contributed by atoms with Crippen molar-refractivity contribution in [1.29, 1.82) is 5.26 Å². The first kappa shape index (κ1) is 13.4. The zero-order chi connectivity index (χ0) is 13.8. The third-order valence-electron chi connectivity index (χ3n) is 4.37. The van der Waals surface area contributed by atoms with Crippen molar-refractivity contribution >= 4 is 5.82 Å². The maximum Gasteiger partial charge on any atom is 0.144 e. The number of hydrogen-bond donors (Lipinski definition) is 2. The molecule has 0 radical (unpaired) electrons. The van der Waals surface area contributed by atoms with Crippen molar-refractivity contribution in [2.75, 3.05) is 18.4 Å². The number of nitrogens with one attached hydrogen (secondary N) is 2. The molecule has 1 aliphatic heterocycles. The SMILES string of the molecule is N#Cc1cc2c(nc1NCCC1CCCN1)CCCC2. The summed E-state index contributed by atoms with van der Waals surface area (Å²) in [6.45, 7) is 2.03. The summed E-state index contributed by atoms with van der Waals surface area (Å²) in [7, 11) is 0. The van der Waals surface area contributed by atoms with Crippen molar-refractivity contribution < 1.29 is 0 Å². The molecule has 20 heavy (non-hydrogen) atoms. The lowest BCUT2D eigenvalue weighted by Gasteiger charge is -2.18. The molecule has 1 saturated heterocycles. The number of aryl methyl sites for hydroxylation is 2. The zero-order valence-corrected chi connectivity index (χ0v) is 11.9. The largest absolute Gasteiger partial charge is 0.369 e. The lowest BCUT2D eigenvalue weighted by molar-refractivity contribution is 0.574. The second kappa shape index (κ2) is 6.23. The normalized spacial score (nSPS) is 21.2. The minimum absolute atomic E-state index is 0.630. The highest BCUT2D eigenvalue weighted by atomic mass is 15.0. The molecule has 106 valence electrons. The van der Waals surface area contributed by atoms with Gasteiger partial charge in [-0.1, -0.05) is 0 Å². The number of nitriles is 1. The number of hydrogen-bond acceptors (Lipinski definition) is 4. The molecule has 1 aromatic rings. The van der Waals surface area contributed by atoms with Crippen LogP contribution in [-0.4, -0.2) is 24.1 Å². The Balaban J connectivity index is 1.66. The highest BCUT2D eigenvalue weighted by Gasteiger charge is 2.16. The van der Waals surface area contributed by atoms with Crippen LogP contribution in [-0.2, 0) is 12.8 Å². The van der Waals surface area contributed by atoms with E-state index in [9.17, 15) is 5.26 Å². The number of aromatic nitrogens is 1. The lowest BCUT2D eigenvalue weighted by Crippen LogP contribution is -2.24. The van der Waals surface area contributed by atoms with Crippen LogP contribution in [0.4, 0.5) is 5.82 Å². The molecule has 1 aromatic heterocycles. The van der Waals surface area contributed by atoms with Gasteiger partial charge in [-0.15, -0.1) is 0 Å². The molecule has 1 aliphatic carbocycles. The number of pyridine rings is 1. The van der Waals surface area contributed by atoms with Crippen LogP contribution < -0.4 is 10.6 Å². The van der Waals surface area contributed by atoms with Crippen LogP contribution in [0.25, 0.3) is 0 Å². The minimum atomic E-state index is 0.630. The molecule has 0 spiro atoms. The molecule has 2 aliphatic rings. The Hall–Kier alpha value is -1.60. The van der Waals surface area contributed by atoms with Crippen LogP contribution in [0, 0.1) is 11.3 Å². The second-order valence-corrected chi connectivity index (χ2v) is 5.82. The van der Waals surface area contributed by atoms with Crippen molar-refractivity contribution in [2.45, 2.75) is 51.0 Å². The van der Waals surface area contributed by atoms with E-state index in [0.717, 1.165) is 38.2 Å². The van der Waals surface area contributed by atoms with Gasteiger partial charge in [0.25, 0.3) is 0 Å². The maximum absolute atomic E-state index is 9.29. The van der Waals surface area contributed by atoms with Gasteiger partial charge in [0, 0.05) is 18.3 Å². The monoisotopic (exact) mass is 270 g/mol. The summed E-state index contributed by atoms with van der Waals surface area (Å²) in [4.78, 5) is 4.69. The smallest absolute Gasteiger partial charge is 0.144 e. The minimum Gasteiger partial charge on any atom is -0.369 e. The number of rotatable bonds is 4. The highest BCUT2D eigenvalue weighted by Crippen LogP contribution is 2.24. The third-order valence-corrected chi connectivity index (χ3v) is 4.37. The molecule has 0 amide bonds. The molecule has 4 heteroatoms. The van der Waals surface area contributed by atoms with E-state index in [2.05, 4.69) is 16.7 Å². The predicted octanol–water partition coefficient (Wildman–Crippen LogP) is 2.39. The Kier molecular flexibility index (Phi) is 4.17. The fraction of sp³-hybridized carbons (Fsp3) is 0.625. The van der Waals surface area contributed by atoms with Gasteiger partial charge in [0.05, 0.1) is 5.56 Å². The molecule has 0 aromatic carbocycles. The molecule has 2 heterocycles. The molecule has 2 N–H and O–H groups in total. The van der Waals surface area contributed by atoms with Crippen molar-refractivity contribution in [3.63, 3.8) is 0 Å². The fourth-order valence-corrected chi connectivity index (χ4v) is 3.22. The quantitative estimate of drug-likeness (QED) is 0.882. The standard InChI is InChI=1S/C16H22N4/c17-11-13-10-12-4-1-2-6-15(12)20-16(13)19-9-7-14-5-3-8-18-14/h10,14,18H,1-9H2,(H,19,20). The fourth-order valence-electron chi connectivity index (χ4n) is 3.22. The average Bonchev–Trinajstić information content (AvgIpc) is 3.00. The first-order valence-electron chi connectivity index (χ1n) is 7.77. The summed E-state index contributed by atoms with van der Waals surface area (Å²) >= 11 is 0. The molecule has 0 saturated carbocycles. The summed E-state index contributed by atoms with van der Waals surface area (Å²) in [6.07, 6.45) is 8.22. The van der Waals surface area contributed by atoms with Gasteiger partial charge in [-0.25, -0.2) is 4.98 Å². The Labute approximate surface area is 120 Å². The molecule has 0 bridgehead atoms. The Morgan fingerprint density at radius 2 is 2.25 bits per heavy atom. The van der Waals surface area contributed by atoms with Gasteiger partial charge in [-0.2, -0.15) is 5.26 Å². The van der Waals surface area contributed by atoms with Crippen molar-refractivity contribution in [3.05, 3.63) is 22.9 Å². The van der Waals surface area contributed by atoms with E-state index in [-0.39, 0.29) is 0 Å². The van der Waals surface area contributed by atoms with Crippen LogP contribution in [0.3, 0.4) is 0 Å². The Morgan fingerprint density at radius 3 is 3.05 bits per heavy atom. The summed E-state index contributed by atoms with van der Waals surface area (Å²) < 4.78 is 0. The summed E-state index contributed by atoms with van der Waals surface area (Å²) in [5.74, 6) is 0.783. The first-order valence-corrected chi connectivity index (χ1v) is 7.77. The van der Waals surface area contributed by atoms with E-state index in [1.54, 1.807) is 0 Å². The molecular weight excluding hydrogens is 248 g/mol. The average molecular weight is 270 g/mol. The van der Waals surface area contributed by atoms with Crippen molar-refractivity contribution in [2.24, 2.45) is 0 Å². The molecule has 1 atom stereocenters. The predicted molar refractivity (Wildman–Crippen MR) is 79.7 cm³/mol. The van der Waals surface area contributed by atoms with Crippen LogP contribution in [0.2, 0.25) is 0 Å². The van der Waals surface area contributed by atoms with Gasteiger partial charge >= 0.3 is 0 Å². The molecule has 4 nitrogen and oxygen atoms in total. The third kappa shape index (κ3) is 2.94. The van der Waals surface area contributed by atoms with Gasteiger partial charge in [0.1, 0.15) is 11.9 Å². The highest BCUT2D eigenvalue weighted by molar-refractivity contribution is 5.54. The summed E-state index contributed by atoms with van der Waals surface area (Å²) in [5, 5.41) is 16.2. The van der Waals surface area contributed by atoms with E-state index in [1.165, 1.54) is 36.9 Å². The Morgan fingerprint density at radius 1 is 1.35 bits per heavy atom. The summed E-state index contributed by atoms with van der Waals surface area (Å²) in [5.41, 5.74) is 3.16. The van der Waals surface area contributed by atoms with Gasteiger partial charge in [0.15, 0.2) is 0 Å². The van der Waals surface area contributed by atoms with E-state index >= 15 is 0 Å². The van der Waals surface area contributed by atoms with E-state index < -0.39 is 0 Å². The van der Waals surface area contributed by atoms with E-state index in [0.29, 0.717) is 11.6 Å². The van der Waals surface area contributed by atoms with Crippen LogP contribution in [0.5, 0.6) is 0 Å². The van der Waals surface area contributed by atoms with Crippen molar-refractivity contribution in [3.8, 4) is 6.07 Å². The zero-order valence-electron chi connectivity index (χ0n) is 11.9. The second-order valence-electron chi connectivity index (χ2n) is 5.82. The van der Waals surface area contributed by atoms with Crippen LogP contribution in [0.15, 0.2) is 6.07 Å². The first-order chi connectivity index (χ1) is 9.86. The van der Waals surface area contributed by atoms with E-state index in [4.69, 9.17) is 4.98 Å². The molecular formula is C16H22N4. The lowest BCUT2D eigenvalue weighted by atomic mass is 9.95. The summed E-state index contributed by atoms with van der Waals surface area (Å²) in [6, 6.07) is 4.95. The molecule has 1 fully saturated rings. The number of nitrogens with zero attached hydrogens (tertiary/aromatic N) is 2. The van der Waals surface area contributed by atoms with Crippen LogP contribution in [0.1, 0.15) is 48.9 Å². The van der Waals surface area contributed by atoms with Crippen molar-refractivity contribution in [1.82, 2.24) is 10.3 Å². The molecule has 1 unspecified atom stereocenters. The van der Waals surface area contributed by atoms with Gasteiger partial charge in [-0.3, -0.25) is 0 Å². The number of anilines is 1. The van der Waals surface area contributed by atoms with Crippen LogP contribution >= 0.6 is 0 Å². The maximum atomic E-state index is 9.29. The topological polar surface area (TPSA) is 60.7 Å². The van der Waals surface area contributed by atoms with Gasteiger partial charge in [-0.05, 0) is 63.1 Å². The van der Waals surface area contributed by atoms with E-state index in [1.807, 2.05) is 6.07 Å². The molecule has 3 rings (SSSR count).